The highest BCUT2D eigenvalue weighted by atomic mass is 35.5. The fourth-order valence-electron chi connectivity index (χ4n) is 4.23. The summed E-state index contributed by atoms with van der Waals surface area (Å²) in [6.07, 6.45) is 8.47. The molecule has 0 bridgehead atoms. The van der Waals surface area contributed by atoms with Crippen LogP contribution in [0.25, 0.3) is 0 Å². The molecule has 0 radical (unpaired) electrons. The first-order chi connectivity index (χ1) is 11.5. The Labute approximate surface area is 150 Å². The molecule has 2 fully saturated rings. The molecule has 0 amide bonds. The maximum Gasteiger partial charge on any atom is 0.120 e. The van der Waals surface area contributed by atoms with Crippen molar-refractivity contribution in [2.45, 2.75) is 70.4 Å². The Hall–Kier alpha value is -0.770. The van der Waals surface area contributed by atoms with Crippen molar-refractivity contribution in [1.29, 1.82) is 0 Å². The lowest BCUT2D eigenvalue weighted by Gasteiger charge is -2.43. The van der Waals surface area contributed by atoms with Gasteiger partial charge in [-0.05, 0) is 69.3 Å². The molecule has 1 atom stereocenters. The topological polar surface area (TPSA) is 32.7 Å². The van der Waals surface area contributed by atoms with Gasteiger partial charge in [-0.25, -0.2) is 0 Å². The number of aryl methyl sites for hydroxylation is 2. The number of hydrogen-bond acceptors (Lipinski definition) is 3. The molecule has 1 saturated heterocycles. The number of aliphatic hydroxyl groups is 1. The van der Waals surface area contributed by atoms with Crippen LogP contribution < -0.4 is 4.74 Å². The van der Waals surface area contributed by atoms with Crippen molar-refractivity contribution in [2.75, 3.05) is 19.7 Å². The van der Waals surface area contributed by atoms with Gasteiger partial charge in [0, 0.05) is 17.6 Å². The van der Waals surface area contributed by atoms with Crippen LogP contribution in [-0.2, 0) is 0 Å². The van der Waals surface area contributed by atoms with E-state index in [-0.39, 0.29) is 0 Å². The van der Waals surface area contributed by atoms with E-state index in [1.165, 1.54) is 32.1 Å². The van der Waals surface area contributed by atoms with Crippen LogP contribution in [0.4, 0.5) is 0 Å². The zero-order valence-corrected chi connectivity index (χ0v) is 15.7. The summed E-state index contributed by atoms with van der Waals surface area (Å²) in [5.74, 6) is 0.803. The molecule has 134 valence electrons. The molecule has 1 aromatic carbocycles. The molecule has 3 rings (SSSR count). The van der Waals surface area contributed by atoms with Gasteiger partial charge in [0.15, 0.2) is 0 Å². The van der Waals surface area contributed by atoms with Crippen LogP contribution in [0.5, 0.6) is 5.75 Å². The first-order valence-electron chi connectivity index (χ1n) is 9.33. The number of β-amino-alcohol motifs (C(OH)–C–C–N with tert-alkyl or cyclic N) is 1. The van der Waals surface area contributed by atoms with Crippen LogP contribution >= 0.6 is 11.6 Å². The van der Waals surface area contributed by atoms with Gasteiger partial charge in [0.25, 0.3) is 0 Å². The molecule has 4 heteroatoms. The van der Waals surface area contributed by atoms with Crippen LogP contribution in [0.2, 0.25) is 5.02 Å². The van der Waals surface area contributed by atoms with Gasteiger partial charge in [-0.2, -0.15) is 0 Å². The van der Waals surface area contributed by atoms with Crippen molar-refractivity contribution >= 4 is 11.6 Å². The molecule has 2 aliphatic rings. The van der Waals surface area contributed by atoms with E-state index < -0.39 is 5.60 Å². The van der Waals surface area contributed by atoms with Crippen molar-refractivity contribution in [1.82, 2.24) is 4.90 Å². The number of nitrogens with zero attached hydrogens (tertiary/aromatic N) is 1. The summed E-state index contributed by atoms with van der Waals surface area (Å²) in [7, 11) is 0. The summed E-state index contributed by atoms with van der Waals surface area (Å²) in [5, 5.41) is 11.8. The van der Waals surface area contributed by atoms with Gasteiger partial charge in [-0.15, -0.1) is 0 Å². The van der Waals surface area contributed by atoms with Crippen molar-refractivity contribution < 1.29 is 9.84 Å². The molecule has 1 unspecified atom stereocenters. The van der Waals surface area contributed by atoms with Gasteiger partial charge < -0.3 is 9.84 Å². The van der Waals surface area contributed by atoms with Crippen LogP contribution in [0.15, 0.2) is 12.1 Å². The molecule has 1 aliphatic carbocycles. The minimum Gasteiger partial charge on any atom is -0.491 e. The number of likely N-dealkylation sites (tertiary alicyclic amines) is 1. The van der Waals surface area contributed by atoms with E-state index in [1.807, 2.05) is 26.0 Å². The molecule has 1 N–H and O–H groups in total. The van der Waals surface area contributed by atoms with Crippen molar-refractivity contribution in [3.8, 4) is 5.75 Å². The van der Waals surface area contributed by atoms with E-state index in [4.69, 9.17) is 16.3 Å². The van der Waals surface area contributed by atoms with E-state index in [9.17, 15) is 5.11 Å². The van der Waals surface area contributed by atoms with E-state index in [0.717, 1.165) is 47.8 Å². The third-order valence-electron chi connectivity index (χ3n) is 5.59. The first-order valence-corrected chi connectivity index (χ1v) is 9.71. The van der Waals surface area contributed by atoms with Gasteiger partial charge in [-0.1, -0.05) is 30.9 Å². The molecule has 0 spiro atoms. The zero-order chi connectivity index (χ0) is 17.2. The highest BCUT2D eigenvalue weighted by molar-refractivity contribution is 6.32. The Morgan fingerprint density at radius 1 is 1.17 bits per heavy atom. The lowest BCUT2D eigenvalue weighted by Crippen LogP contribution is -2.54. The second kappa shape index (κ2) is 7.63. The number of rotatable bonds is 4. The molecule has 3 nitrogen and oxygen atoms in total. The lowest BCUT2D eigenvalue weighted by molar-refractivity contribution is -0.0733. The highest BCUT2D eigenvalue weighted by Crippen LogP contribution is 2.31. The fourth-order valence-corrected chi connectivity index (χ4v) is 4.34. The molecule has 1 aromatic rings. The normalized spacial score (nSPS) is 26.5. The minimum absolute atomic E-state index is 0.358. The Morgan fingerprint density at radius 2 is 1.83 bits per heavy atom. The van der Waals surface area contributed by atoms with E-state index in [2.05, 4.69) is 4.90 Å². The molecule has 1 heterocycles. The van der Waals surface area contributed by atoms with Crippen LogP contribution in [-0.4, -0.2) is 41.3 Å². The summed E-state index contributed by atoms with van der Waals surface area (Å²) in [4.78, 5) is 2.50. The van der Waals surface area contributed by atoms with E-state index in [0.29, 0.717) is 12.6 Å². The summed E-state index contributed by atoms with van der Waals surface area (Å²) in [6.45, 7) is 6.19. The van der Waals surface area contributed by atoms with Crippen LogP contribution in [0, 0.1) is 13.8 Å². The zero-order valence-electron chi connectivity index (χ0n) is 15.0. The second-order valence-corrected chi connectivity index (χ2v) is 8.13. The van der Waals surface area contributed by atoms with Gasteiger partial charge in [0.1, 0.15) is 18.0 Å². The Kier molecular flexibility index (Phi) is 5.74. The first kappa shape index (κ1) is 18.0. The predicted octanol–water partition coefficient (Wildman–Crippen LogP) is 4.50. The summed E-state index contributed by atoms with van der Waals surface area (Å²) in [6, 6.07) is 4.58. The third kappa shape index (κ3) is 4.25. The fraction of sp³-hybridized carbons (Fsp3) is 0.700. The maximum absolute atomic E-state index is 11.0. The van der Waals surface area contributed by atoms with Crippen LogP contribution in [0.3, 0.4) is 0 Å². The summed E-state index contributed by atoms with van der Waals surface area (Å²) >= 11 is 6.22. The molecule has 24 heavy (non-hydrogen) atoms. The smallest absolute Gasteiger partial charge is 0.120 e. The van der Waals surface area contributed by atoms with Crippen molar-refractivity contribution in [3.05, 3.63) is 28.3 Å². The molecule has 1 saturated carbocycles. The average Bonchev–Trinajstić information content (AvgIpc) is 2.59. The average molecular weight is 352 g/mol. The summed E-state index contributed by atoms with van der Waals surface area (Å²) < 4.78 is 5.97. The molecular weight excluding hydrogens is 322 g/mol. The molecular formula is C20H30ClNO2. The van der Waals surface area contributed by atoms with Crippen molar-refractivity contribution in [2.24, 2.45) is 0 Å². The number of hydrogen-bond donors (Lipinski definition) is 1. The quantitative estimate of drug-likeness (QED) is 0.867. The standard InChI is InChI=1S/C20H30ClNO2/c1-15-11-18(12-16(2)19(15)21)24-14-20(23)9-6-10-22(13-20)17-7-4-3-5-8-17/h11-12,17,23H,3-10,13-14H2,1-2H3. The lowest BCUT2D eigenvalue weighted by atomic mass is 9.88. The number of benzene rings is 1. The predicted molar refractivity (Wildman–Crippen MR) is 99.1 cm³/mol. The SMILES string of the molecule is Cc1cc(OCC2(O)CCCN(C3CCCCC3)C2)cc(C)c1Cl. The third-order valence-corrected chi connectivity index (χ3v) is 6.19. The Morgan fingerprint density at radius 3 is 2.50 bits per heavy atom. The van der Waals surface area contributed by atoms with Crippen molar-refractivity contribution in [3.63, 3.8) is 0 Å². The van der Waals surface area contributed by atoms with Gasteiger partial charge in [0.05, 0.1) is 0 Å². The largest absolute Gasteiger partial charge is 0.491 e. The highest BCUT2D eigenvalue weighted by Gasteiger charge is 2.37. The second-order valence-electron chi connectivity index (χ2n) is 7.75. The molecule has 0 aromatic heterocycles. The van der Waals surface area contributed by atoms with Gasteiger partial charge in [-0.3, -0.25) is 4.90 Å². The Balaban J connectivity index is 1.61. The number of ether oxygens (including phenoxy) is 1. The number of halogens is 1. The Bertz CT molecular complexity index is 548. The summed E-state index contributed by atoms with van der Waals surface area (Å²) in [5.41, 5.74) is 1.30. The van der Waals surface area contributed by atoms with Gasteiger partial charge >= 0.3 is 0 Å². The van der Waals surface area contributed by atoms with E-state index >= 15 is 0 Å². The van der Waals surface area contributed by atoms with Gasteiger partial charge in [0.2, 0.25) is 0 Å². The van der Waals surface area contributed by atoms with E-state index in [1.54, 1.807) is 0 Å². The van der Waals surface area contributed by atoms with Crippen LogP contribution in [0.1, 0.15) is 56.1 Å². The monoisotopic (exact) mass is 351 g/mol. The minimum atomic E-state index is -0.739. The number of piperidine rings is 1. The molecule has 1 aliphatic heterocycles. The maximum atomic E-state index is 11.0.